The first-order valence-corrected chi connectivity index (χ1v) is 5.72. The Kier molecular flexibility index (Phi) is 3.03. The molecule has 0 aromatic rings. The summed E-state index contributed by atoms with van der Waals surface area (Å²) in [7, 11) is 0. The zero-order valence-electron chi connectivity index (χ0n) is 10.0. The van der Waals surface area contributed by atoms with Gasteiger partial charge in [0.05, 0.1) is 6.33 Å². The lowest BCUT2D eigenvalue weighted by Crippen LogP contribution is -2.25. The average Bonchev–Trinajstić information content (AvgIpc) is 2.80. The summed E-state index contributed by atoms with van der Waals surface area (Å²) in [4.78, 5) is 15.3. The molecule has 0 N–H and O–H groups in total. The molecule has 5 heteroatoms. The van der Waals surface area contributed by atoms with Crippen LogP contribution in [0.15, 0.2) is 12.7 Å². The molecule has 0 fully saturated rings. The van der Waals surface area contributed by atoms with Crippen molar-refractivity contribution in [2.45, 2.75) is 27.3 Å². The average molecular weight is 219 g/mol. The van der Waals surface area contributed by atoms with Gasteiger partial charge in [0.25, 0.3) is 0 Å². The summed E-state index contributed by atoms with van der Waals surface area (Å²) in [5.41, 5.74) is 0.896. The van der Waals surface area contributed by atoms with Crippen LogP contribution >= 0.6 is 0 Å². The number of fused-ring (bicyclic) bond motifs is 1. The highest BCUT2D eigenvalue weighted by Crippen LogP contribution is 2.26. The molecule has 0 saturated carbocycles. The SMILES string of the molecule is CCN(CC)c1ncn(CC)c2ncnc1-2. The predicted octanol–water partition coefficient (Wildman–Crippen LogP) is 1.64. The molecule has 2 heterocycles. The summed E-state index contributed by atoms with van der Waals surface area (Å²) in [6, 6.07) is 0. The highest BCUT2D eigenvalue weighted by molar-refractivity contribution is 5.67. The molecule has 0 bridgehead atoms. The third kappa shape index (κ3) is 1.62. The minimum Gasteiger partial charge on any atom is -0.355 e. The molecule has 0 aromatic heterocycles. The number of hydrogen-bond acceptors (Lipinski definition) is 4. The van der Waals surface area contributed by atoms with Crippen LogP contribution in [0.25, 0.3) is 11.5 Å². The van der Waals surface area contributed by atoms with E-state index in [2.05, 4.69) is 40.6 Å². The monoisotopic (exact) mass is 219 g/mol. The maximum Gasteiger partial charge on any atom is 0.165 e. The van der Waals surface area contributed by atoms with Crippen molar-refractivity contribution in [3.8, 4) is 11.5 Å². The van der Waals surface area contributed by atoms with Crippen LogP contribution in [0.4, 0.5) is 5.82 Å². The van der Waals surface area contributed by atoms with Gasteiger partial charge in [0.1, 0.15) is 6.33 Å². The quantitative estimate of drug-likeness (QED) is 0.784. The van der Waals surface area contributed by atoms with Crippen LogP contribution in [-0.2, 0) is 6.54 Å². The lowest BCUT2D eigenvalue weighted by Gasteiger charge is -2.22. The predicted molar refractivity (Wildman–Crippen MR) is 63.7 cm³/mol. The first-order valence-electron chi connectivity index (χ1n) is 5.72. The van der Waals surface area contributed by atoms with Gasteiger partial charge in [0, 0.05) is 19.6 Å². The van der Waals surface area contributed by atoms with Gasteiger partial charge in [-0.05, 0) is 20.8 Å². The number of aromatic nitrogens is 4. The summed E-state index contributed by atoms with van der Waals surface area (Å²) in [6.45, 7) is 9.04. The zero-order chi connectivity index (χ0) is 11.5. The molecule has 0 aromatic carbocycles. The van der Waals surface area contributed by atoms with E-state index in [0.29, 0.717) is 0 Å². The Labute approximate surface area is 95.5 Å². The van der Waals surface area contributed by atoms with Crippen LogP contribution in [0.5, 0.6) is 0 Å². The molecule has 0 saturated heterocycles. The molecule has 5 nitrogen and oxygen atoms in total. The Morgan fingerprint density at radius 2 is 1.88 bits per heavy atom. The second kappa shape index (κ2) is 4.47. The normalized spacial score (nSPS) is 10.9. The Hall–Kier alpha value is -1.65. The fourth-order valence-corrected chi connectivity index (χ4v) is 1.85. The van der Waals surface area contributed by atoms with Gasteiger partial charge >= 0.3 is 0 Å². The van der Waals surface area contributed by atoms with Gasteiger partial charge in [0.15, 0.2) is 17.3 Å². The lowest BCUT2D eigenvalue weighted by molar-refractivity contribution is 0.721. The maximum atomic E-state index is 4.48. The molecular formula is C11H17N5. The Bertz CT molecular complexity index is 432. The summed E-state index contributed by atoms with van der Waals surface area (Å²) in [5.74, 6) is 1.85. The number of hydrogen-bond donors (Lipinski definition) is 0. The fourth-order valence-electron chi connectivity index (χ4n) is 1.85. The standard InChI is InChI=1S/C11H17N5/c1-4-15(5-2)11-9-10(13-7-12-9)16(6-3)8-14-11/h7-8H,4-6H2,1-3H3. The Morgan fingerprint density at radius 1 is 1.12 bits per heavy atom. The molecular weight excluding hydrogens is 202 g/mol. The maximum absolute atomic E-state index is 4.48. The van der Waals surface area contributed by atoms with Gasteiger partial charge in [0.2, 0.25) is 0 Å². The number of imidazole rings is 1. The van der Waals surface area contributed by atoms with E-state index >= 15 is 0 Å². The smallest absolute Gasteiger partial charge is 0.165 e. The number of nitrogens with zero attached hydrogens (tertiary/aromatic N) is 5. The van der Waals surface area contributed by atoms with E-state index in [9.17, 15) is 0 Å². The third-order valence-electron chi connectivity index (χ3n) is 2.79. The van der Waals surface area contributed by atoms with E-state index in [1.165, 1.54) is 0 Å². The van der Waals surface area contributed by atoms with Gasteiger partial charge in [-0.15, -0.1) is 0 Å². The van der Waals surface area contributed by atoms with Crippen LogP contribution in [0.1, 0.15) is 20.8 Å². The number of aryl methyl sites for hydroxylation is 1. The molecule has 16 heavy (non-hydrogen) atoms. The number of rotatable bonds is 4. The van der Waals surface area contributed by atoms with Crippen LogP contribution in [0.2, 0.25) is 0 Å². The van der Waals surface area contributed by atoms with Crippen LogP contribution in [0.3, 0.4) is 0 Å². The molecule has 0 atom stereocenters. The first-order chi connectivity index (χ1) is 7.81. The van der Waals surface area contributed by atoms with Crippen molar-refractivity contribution in [3.63, 3.8) is 0 Å². The molecule has 2 aliphatic rings. The molecule has 2 rings (SSSR count). The van der Waals surface area contributed by atoms with E-state index in [0.717, 1.165) is 37.0 Å². The molecule has 0 amide bonds. The van der Waals surface area contributed by atoms with Gasteiger partial charge < -0.3 is 9.47 Å². The Balaban J connectivity index is 2.52. The largest absolute Gasteiger partial charge is 0.355 e. The van der Waals surface area contributed by atoms with Crippen molar-refractivity contribution in [2.24, 2.45) is 0 Å². The number of anilines is 1. The fraction of sp³-hybridized carbons (Fsp3) is 0.545. The lowest BCUT2D eigenvalue weighted by atomic mass is 10.3. The zero-order valence-corrected chi connectivity index (χ0v) is 10.0. The third-order valence-corrected chi connectivity index (χ3v) is 2.79. The molecule has 2 aliphatic heterocycles. The summed E-state index contributed by atoms with van der Waals surface area (Å²) >= 11 is 0. The molecule has 0 aliphatic carbocycles. The molecule has 0 unspecified atom stereocenters. The van der Waals surface area contributed by atoms with E-state index in [1.807, 2.05) is 10.9 Å². The van der Waals surface area contributed by atoms with Crippen molar-refractivity contribution in [2.75, 3.05) is 18.0 Å². The topological polar surface area (TPSA) is 46.8 Å². The van der Waals surface area contributed by atoms with Gasteiger partial charge in [-0.25, -0.2) is 15.0 Å². The molecule has 86 valence electrons. The van der Waals surface area contributed by atoms with Crippen molar-refractivity contribution >= 4 is 5.82 Å². The van der Waals surface area contributed by atoms with Crippen molar-refractivity contribution < 1.29 is 0 Å². The Morgan fingerprint density at radius 3 is 2.50 bits per heavy atom. The van der Waals surface area contributed by atoms with Gasteiger partial charge in [-0.3, -0.25) is 0 Å². The summed E-state index contributed by atoms with van der Waals surface area (Å²) < 4.78 is 2.01. The van der Waals surface area contributed by atoms with Gasteiger partial charge in [-0.2, -0.15) is 0 Å². The van der Waals surface area contributed by atoms with Crippen LogP contribution in [0, 0.1) is 0 Å². The highest BCUT2D eigenvalue weighted by Gasteiger charge is 2.18. The first kappa shape index (κ1) is 10.9. The van der Waals surface area contributed by atoms with Gasteiger partial charge in [-0.1, -0.05) is 0 Å². The van der Waals surface area contributed by atoms with E-state index in [-0.39, 0.29) is 0 Å². The molecule has 0 radical (unpaired) electrons. The minimum absolute atomic E-state index is 0.862. The van der Waals surface area contributed by atoms with E-state index in [1.54, 1.807) is 6.33 Å². The van der Waals surface area contributed by atoms with E-state index in [4.69, 9.17) is 0 Å². The van der Waals surface area contributed by atoms with Crippen molar-refractivity contribution in [3.05, 3.63) is 12.7 Å². The summed E-state index contributed by atoms with van der Waals surface area (Å²) in [6.07, 6.45) is 3.44. The highest BCUT2D eigenvalue weighted by atomic mass is 15.2. The summed E-state index contributed by atoms with van der Waals surface area (Å²) in [5, 5.41) is 0. The van der Waals surface area contributed by atoms with Crippen molar-refractivity contribution in [1.29, 1.82) is 0 Å². The second-order valence-electron chi connectivity index (χ2n) is 3.57. The minimum atomic E-state index is 0.862. The van der Waals surface area contributed by atoms with Crippen molar-refractivity contribution in [1.82, 2.24) is 19.5 Å². The van der Waals surface area contributed by atoms with Crippen LogP contribution in [-0.4, -0.2) is 32.6 Å². The van der Waals surface area contributed by atoms with E-state index < -0.39 is 0 Å². The second-order valence-corrected chi connectivity index (χ2v) is 3.57. The van der Waals surface area contributed by atoms with Crippen LogP contribution < -0.4 is 4.90 Å². The molecule has 0 spiro atoms.